The van der Waals surface area contributed by atoms with Crippen LogP contribution in [0.15, 0.2) is 42.5 Å². The Morgan fingerprint density at radius 3 is 2.67 bits per heavy atom. The Morgan fingerprint density at radius 2 is 1.92 bits per heavy atom. The SMILES string of the molecule is COc1ccc(Cl)cc1NC(=O)c1cc(C)nc2ccc(C)cc12. The van der Waals surface area contributed by atoms with E-state index in [-0.39, 0.29) is 5.91 Å². The molecule has 3 rings (SSSR count). The number of nitrogens with zero attached hydrogens (tertiary/aromatic N) is 1. The first-order valence-electron chi connectivity index (χ1n) is 7.51. The Morgan fingerprint density at radius 1 is 1.12 bits per heavy atom. The highest BCUT2D eigenvalue weighted by molar-refractivity contribution is 6.31. The molecular formula is C19H17ClN2O2. The Labute approximate surface area is 145 Å². The number of hydrogen-bond donors (Lipinski definition) is 1. The van der Waals surface area contributed by atoms with Crippen molar-refractivity contribution in [3.05, 3.63) is 64.3 Å². The molecule has 0 saturated heterocycles. The van der Waals surface area contributed by atoms with Gasteiger partial charge in [0, 0.05) is 16.1 Å². The first kappa shape index (κ1) is 16.3. The van der Waals surface area contributed by atoms with E-state index in [0.717, 1.165) is 22.2 Å². The number of pyridine rings is 1. The molecule has 0 bridgehead atoms. The lowest BCUT2D eigenvalue weighted by Crippen LogP contribution is -2.14. The van der Waals surface area contributed by atoms with Crippen molar-refractivity contribution in [2.75, 3.05) is 12.4 Å². The van der Waals surface area contributed by atoms with E-state index in [1.807, 2.05) is 32.0 Å². The molecule has 24 heavy (non-hydrogen) atoms. The van der Waals surface area contributed by atoms with Gasteiger partial charge >= 0.3 is 0 Å². The summed E-state index contributed by atoms with van der Waals surface area (Å²) in [6.45, 7) is 3.86. The van der Waals surface area contributed by atoms with Gasteiger partial charge in [-0.3, -0.25) is 9.78 Å². The number of anilines is 1. The molecule has 3 aromatic rings. The van der Waals surface area contributed by atoms with E-state index in [2.05, 4.69) is 10.3 Å². The highest BCUT2D eigenvalue weighted by atomic mass is 35.5. The number of amides is 1. The smallest absolute Gasteiger partial charge is 0.256 e. The minimum absolute atomic E-state index is 0.225. The molecule has 0 fully saturated rings. The van der Waals surface area contributed by atoms with E-state index >= 15 is 0 Å². The van der Waals surface area contributed by atoms with Crippen LogP contribution < -0.4 is 10.1 Å². The summed E-state index contributed by atoms with van der Waals surface area (Å²) in [5.74, 6) is 0.329. The molecule has 0 spiro atoms. The topological polar surface area (TPSA) is 51.2 Å². The zero-order valence-corrected chi connectivity index (χ0v) is 14.4. The molecule has 122 valence electrons. The first-order valence-corrected chi connectivity index (χ1v) is 7.88. The van der Waals surface area contributed by atoms with Crippen molar-refractivity contribution < 1.29 is 9.53 Å². The highest BCUT2D eigenvalue weighted by Gasteiger charge is 2.15. The van der Waals surface area contributed by atoms with Crippen molar-refractivity contribution in [1.82, 2.24) is 4.98 Å². The molecule has 0 aliphatic carbocycles. The third kappa shape index (κ3) is 3.19. The molecule has 0 radical (unpaired) electrons. The van der Waals surface area contributed by atoms with Crippen molar-refractivity contribution in [2.45, 2.75) is 13.8 Å². The van der Waals surface area contributed by atoms with Gasteiger partial charge in [-0.2, -0.15) is 0 Å². The van der Waals surface area contributed by atoms with Gasteiger partial charge in [0.1, 0.15) is 5.75 Å². The predicted molar refractivity (Wildman–Crippen MR) is 97.2 cm³/mol. The third-order valence-electron chi connectivity index (χ3n) is 3.75. The minimum atomic E-state index is -0.225. The summed E-state index contributed by atoms with van der Waals surface area (Å²) in [5.41, 5.74) is 3.76. The standard InChI is InChI=1S/C19H17ClN2O2/c1-11-4-6-16-14(8-11)15(9-12(2)21-16)19(23)22-17-10-13(20)5-7-18(17)24-3/h4-10H,1-3H3,(H,22,23). The van der Waals surface area contributed by atoms with Gasteiger partial charge < -0.3 is 10.1 Å². The molecule has 1 heterocycles. The van der Waals surface area contributed by atoms with Gasteiger partial charge in [0.2, 0.25) is 0 Å². The van der Waals surface area contributed by atoms with Crippen LogP contribution in [-0.4, -0.2) is 18.0 Å². The van der Waals surface area contributed by atoms with Crippen LogP contribution in [0.25, 0.3) is 10.9 Å². The number of hydrogen-bond acceptors (Lipinski definition) is 3. The number of methoxy groups -OCH3 is 1. The second-order valence-corrected chi connectivity index (χ2v) is 6.07. The van der Waals surface area contributed by atoms with Crippen LogP contribution >= 0.6 is 11.6 Å². The molecule has 0 unspecified atom stereocenters. The number of aromatic nitrogens is 1. The summed E-state index contributed by atoms with van der Waals surface area (Å²) in [6, 6.07) is 12.8. The monoisotopic (exact) mass is 340 g/mol. The number of ether oxygens (including phenoxy) is 1. The Balaban J connectivity index is 2.06. The minimum Gasteiger partial charge on any atom is -0.495 e. The number of benzene rings is 2. The maximum absolute atomic E-state index is 12.8. The summed E-state index contributed by atoms with van der Waals surface area (Å²) in [4.78, 5) is 17.3. The van der Waals surface area contributed by atoms with Gasteiger partial charge in [-0.25, -0.2) is 0 Å². The predicted octanol–water partition coefficient (Wildman–Crippen LogP) is 4.77. The zero-order valence-electron chi connectivity index (χ0n) is 13.7. The average Bonchev–Trinajstić information content (AvgIpc) is 2.54. The summed E-state index contributed by atoms with van der Waals surface area (Å²) in [7, 11) is 1.55. The molecule has 1 amide bonds. The second-order valence-electron chi connectivity index (χ2n) is 5.63. The van der Waals surface area contributed by atoms with Crippen LogP contribution in [0.4, 0.5) is 5.69 Å². The van der Waals surface area contributed by atoms with Gasteiger partial charge in [-0.15, -0.1) is 0 Å². The van der Waals surface area contributed by atoms with Crippen molar-refractivity contribution in [1.29, 1.82) is 0 Å². The molecule has 1 aromatic heterocycles. The van der Waals surface area contributed by atoms with E-state index < -0.39 is 0 Å². The summed E-state index contributed by atoms with van der Waals surface area (Å²) in [5, 5.41) is 4.23. The Hall–Kier alpha value is -2.59. The lowest BCUT2D eigenvalue weighted by Gasteiger charge is -2.12. The first-order chi connectivity index (χ1) is 11.5. The molecule has 0 atom stereocenters. The Bertz CT molecular complexity index is 938. The summed E-state index contributed by atoms with van der Waals surface area (Å²) < 4.78 is 5.28. The average molecular weight is 341 g/mol. The van der Waals surface area contributed by atoms with Gasteiger partial charge in [-0.05, 0) is 50.2 Å². The van der Waals surface area contributed by atoms with Crippen molar-refractivity contribution in [3.63, 3.8) is 0 Å². The van der Waals surface area contributed by atoms with Crippen molar-refractivity contribution in [2.24, 2.45) is 0 Å². The molecule has 5 heteroatoms. The maximum atomic E-state index is 12.8. The van der Waals surface area contributed by atoms with E-state index in [1.165, 1.54) is 0 Å². The quantitative estimate of drug-likeness (QED) is 0.747. The fourth-order valence-corrected chi connectivity index (χ4v) is 2.80. The fraction of sp³-hybridized carbons (Fsp3) is 0.158. The number of carbonyl (C=O) groups is 1. The molecule has 0 aliphatic rings. The number of rotatable bonds is 3. The number of fused-ring (bicyclic) bond motifs is 1. The number of carbonyl (C=O) groups excluding carboxylic acids is 1. The molecular weight excluding hydrogens is 324 g/mol. The zero-order chi connectivity index (χ0) is 17.3. The van der Waals surface area contributed by atoms with E-state index in [4.69, 9.17) is 16.3 Å². The summed E-state index contributed by atoms with van der Waals surface area (Å²) in [6.07, 6.45) is 0. The second kappa shape index (κ2) is 6.49. The highest BCUT2D eigenvalue weighted by Crippen LogP contribution is 2.29. The van der Waals surface area contributed by atoms with Crippen molar-refractivity contribution in [3.8, 4) is 5.75 Å². The van der Waals surface area contributed by atoms with E-state index in [1.54, 1.807) is 31.4 Å². The molecule has 0 saturated carbocycles. The van der Waals surface area contributed by atoms with Gasteiger partial charge in [0.15, 0.2) is 0 Å². The molecule has 4 nitrogen and oxygen atoms in total. The molecule has 2 aromatic carbocycles. The molecule has 1 N–H and O–H groups in total. The number of nitrogens with one attached hydrogen (secondary N) is 1. The van der Waals surface area contributed by atoms with Gasteiger partial charge in [0.05, 0.1) is 23.9 Å². The van der Waals surface area contributed by atoms with Crippen LogP contribution in [0.3, 0.4) is 0 Å². The largest absolute Gasteiger partial charge is 0.495 e. The van der Waals surface area contributed by atoms with Crippen molar-refractivity contribution >= 4 is 34.1 Å². The van der Waals surface area contributed by atoms with Crippen LogP contribution in [0.2, 0.25) is 5.02 Å². The fourth-order valence-electron chi connectivity index (χ4n) is 2.63. The van der Waals surface area contributed by atoms with Gasteiger partial charge in [0.25, 0.3) is 5.91 Å². The van der Waals surface area contributed by atoms with Crippen LogP contribution in [0, 0.1) is 13.8 Å². The normalized spacial score (nSPS) is 10.7. The van der Waals surface area contributed by atoms with Gasteiger partial charge in [-0.1, -0.05) is 23.2 Å². The maximum Gasteiger partial charge on any atom is 0.256 e. The van der Waals surface area contributed by atoms with E-state index in [9.17, 15) is 4.79 Å². The number of aryl methyl sites for hydroxylation is 2. The lowest BCUT2D eigenvalue weighted by molar-refractivity contribution is 0.102. The lowest BCUT2D eigenvalue weighted by atomic mass is 10.0. The van der Waals surface area contributed by atoms with Crippen LogP contribution in [-0.2, 0) is 0 Å². The van der Waals surface area contributed by atoms with E-state index in [0.29, 0.717) is 22.0 Å². The third-order valence-corrected chi connectivity index (χ3v) is 3.98. The van der Waals surface area contributed by atoms with Crippen LogP contribution in [0.1, 0.15) is 21.6 Å². The number of halogens is 1. The van der Waals surface area contributed by atoms with Crippen LogP contribution in [0.5, 0.6) is 5.75 Å². The molecule has 0 aliphatic heterocycles. The Kier molecular flexibility index (Phi) is 4.40. The summed E-state index contributed by atoms with van der Waals surface area (Å²) >= 11 is 6.03.